The molecule has 3 nitrogen and oxygen atoms in total. The van der Waals surface area contributed by atoms with Crippen molar-refractivity contribution in [2.75, 3.05) is 23.7 Å². The number of piperidine rings is 1. The van der Waals surface area contributed by atoms with E-state index in [-0.39, 0.29) is 18.9 Å². The fraction of sp³-hybridized carbons (Fsp3) is 0.571. The van der Waals surface area contributed by atoms with Gasteiger partial charge < -0.3 is 15.4 Å². The smallest absolute Gasteiger partial charge is 0.251 e. The third-order valence-corrected chi connectivity index (χ3v) is 3.22. The summed E-state index contributed by atoms with van der Waals surface area (Å²) in [5.41, 5.74) is 7.31. The van der Waals surface area contributed by atoms with E-state index in [0.717, 1.165) is 5.69 Å². The van der Waals surface area contributed by atoms with Crippen LogP contribution >= 0.6 is 0 Å². The molecule has 1 aromatic rings. The van der Waals surface area contributed by atoms with E-state index in [1.54, 1.807) is 6.07 Å². The van der Waals surface area contributed by atoms with Gasteiger partial charge in [0.15, 0.2) is 0 Å². The van der Waals surface area contributed by atoms with Crippen molar-refractivity contribution in [3.63, 3.8) is 0 Å². The van der Waals surface area contributed by atoms with Gasteiger partial charge >= 0.3 is 0 Å². The molecule has 0 aromatic heterocycles. The third kappa shape index (κ3) is 3.49. The SMILES string of the molecule is CC(C)Oc1cc(N2CCC(F)(F)CC2)ccc1N. The Morgan fingerprint density at radius 3 is 2.47 bits per heavy atom. The first kappa shape index (κ1) is 13.9. The Bertz CT molecular complexity index is 439. The zero-order chi connectivity index (χ0) is 14.0. The van der Waals surface area contributed by atoms with Crippen molar-refractivity contribution in [2.24, 2.45) is 0 Å². The van der Waals surface area contributed by atoms with E-state index in [9.17, 15) is 8.78 Å². The summed E-state index contributed by atoms with van der Waals surface area (Å²) in [7, 11) is 0. The van der Waals surface area contributed by atoms with Gasteiger partial charge in [-0.3, -0.25) is 0 Å². The van der Waals surface area contributed by atoms with Gasteiger partial charge in [0.1, 0.15) is 5.75 Å². The van der Waals surface area contributed by atoms with E-state index in [0.29, 0.717) is 24.5 Å². The molecule has 19 heavy (non-hydrogen) atoms. The van der Waals surface area contributed by atoms with Crippen LogP contribution in [0.2, 0.25) is 0 Å². The van der Waals surface area contributed by atoms with Crippen molar-refractivity contribution < 1.29 is 13.5 Å². The number of nitrogens with two attached hydrogens (primary N) is 1. The second-order valence-corrected chi connectivity index (χ2v) is 5.23. The van der Waals surface area contributed by atoms with Crippen LogP contribution in [0.25, 0.3) is 0 Å². The average Bonchev–Trinajstić information content (AvgIpc) is 2.32. The van der Waals surface area contributed by atoms with Gasteiger partial charge in [-0.2, -0.15) is 0 Å². The minimum absolute atomic E-state index is 0.0308. The molecule has 2 N–H and O–H groups in total. The molecule has 5 heteroatoms. The highest BCUT2D eigenvalue weighted by molar-refractivity contribution is 5.62. The highest BCUT2D eigenvalue weighted by atomic mass is 19.3. The standard InChI is InChI=1S/C14H20F2N2O/c1-10(2)19-13-9-11(3-4-12(13)17)18-7-5-14(15,16)6-8-18/h3-4,9-10H,5-8,17H2,1-2H3. The van der Waals surface area contributed by atoms with Crippen molar-refractivity contribution in [3.8, 4) is 5.75 Å². The van der Waals surface area contributed by atoms with E-state index < -0.39 is 5.92 Å². The second kappa shape index (κ2) is 5.23. The summed E-state index contributed by atoms with van der Waals surface area (Å²) in [5.74, 6) is -1.91. The number of anilines is 2. The molecule has 0 spiro atoms. The largest absolute Gasteiger partial charge is 0.489 e. The molecule has 1 saturated heterocycles. The molecule has 0 bridgehead atoms. The minimum Gasteiger partial charge on any atom is -0.489 e. The predicted octanol–water partition coefficient (Wildman–Crippen LogP) is 3.29. The van der Waals surface area contributed by atoms with E-state index in [4.69, 9.17) is 10.5 Å². The molecule has 1 aliphatic heterocycles. The zero-order valence-corrected chi connectivity index (χ0v) is 11.3. The fourth-order valence-corrected chi connectivity index (χ4v) is 2.17. The van der Waals surface area contributed by atoms with Gasteiger partial charge in [0.05, 0.1) is 11.8 Å². The van der Waals surface area contributed by atoms with Crippen LogP contribution in [0, 0.1) is 0 Å². The molecule has 0 amide bonds. The molecule has 0 unspecified atom stereocenters. The van der Waals surface area contributed by atoms with Gasteiger partial charge in [0, 0.05) is 37.7 Å². The average molecular weight is 270 g/mol. The van der Waals surface area contributed by atoms with E-state index in [1.807, 2.05) is 30.9 Å². The van der Waals surface area contributed by atoms with Gasteiger partial charge in [-0.1, -0.05) is 0 Å². The molecule has 0 atom stereocenters. The van der Waals surface area contributed by atoms with Crippen LogP contribution in [0.4, 0.5) is 20.2 Å². The van der Waals surface area contributed by atoms with Gasteiger partial charge in [0.25, 0.3) is 5.92 Å². The molecule has 0 aliphatic carbocycles. The summed E-state index contributed by atoms with van der Waals surface area (Å²) >= 11 is 0. The predicted molar refractivity (Wildman–Crippen MR) is 73.0 cm³/mol. The summed E-state index contributed by atoms with van der Waals surface area (Å²) in [6.07, 6.45) is -0.168. The van der Waals surface area contributed by atoms with Gasteiger partial charge in [-0.15, -0.1) is 0 Å². The monoisotopic (exact) mass is 270 g/mol. The highest BCUT2D eigenvalue weighted by Gasteiger charge is 2.34. The van der Waals surface area contributed by atoms with Crippen LogP contribution in [0.5, 0.6) is 5.75 Å². The van der Waals surface area contributed by atoms with Crippen LogP contribution in [0.1, 0.15) is 26.7 Å². The molecule has 1 aromatic carbocycles. The summed E-state index contributed by atoms with van der Waals surface area (Å²) in [6.45, 7) is 4.57. The van der Waals surface area contributed by atoms with Gasteiger partial charge in [-0.05, 0) is 26.0 Å². The van der Waals surface area contributed by atoms with Crippen LogP contribution in [-0.2, 0) is 0 Å². The maximum Gasteiger partial charge on any atom is 0.251 e. The number of ether oxygens (including phenoxy) is 1. The Morgan fingerprint density at radius 1 is 1.26 bits per heavy atom. The molecule has 0 radical (unpaired) electrons. The Balaban J connectivity index is 2.13. The van der Waals surface area contributed by atoms with E-state index in [2.05, 4.69) is 0 Å². The summed E-state index contributed by atoms with van der Waals surface area (Å²) in [4.78, 5) is 1.95. The van der Waals surface area contributed by atoms with Crippen molar-refractivity contribution >= 4 is 11.4 Å². The highest BCUT2D eigenvalue weighted by Crippen LogP contribution is 2.33. The van der Waals surface area contributed by atoms with Crippen LogP contribution < -0.4 is 15.4 Å². The normalized spacial score (nSPS) is 18.7. The van der Waals surface area contributed by atoms with Crippen LogP contribution in [0.3, 0.4) is 0 Å². The van der Waals surface area contributed by atoms with Crippen LogP contribution in [-0.4, -0.2) is 25.1 Å². The molecule has 106 valence electrons. The molecular formula is C14H20F2N2O. The quantitative estimate of drug-likeness (QED) is 0.856. The summed E-state index contributed by atoms with van der Waals surface area (Å²) in [6, 6.07) is 5.45. The second-order valence-electron chi connectivity index (χ2n) is 5.23. The number of nitrogens with zero attached hydrogens (tertiary/aromatic N) is 1. The van der Waals surface area contributed by atoms with Crippen molar-refractivity contribution in [1.29, 1.82) is 0 Å². The Labute approximate surface area is 112 Å². The zero-order valence-electron chi connectivity index (χ0n) is 11.3. The van der Waals surface area contributed by atoms with Crippen molar-refractivity contribution in [2.45, 2.75) is 38.7 Å². The Kier molecular flexibility index (Phi) is 3.83. The minimum atomic E-state index is -2.53. The fourth-order valence-electron chi connectivity index (χ4n) is 2.17. The maximum atomic E-state index is 13.1. The molecule has 0 saturated carbocycles. The number of benzene rings is 1. The van der Waals surface area contributed by atoms with Gasteiger partial charge in [0.2, 0.25) is 0 Å². The first-order valence-electron chi connectivity index (χ1n) is 6.56. The van der Waals surface area contributed by atoms with Crippen LogP contribution in [0.15, 0.2) is 18.2 Å². The number of nitrogen functional groups attached to an aromatic ring is 1. The third-order valence-electron chi connectivity index (χ3n) is 3.22. The number of hydrogen-bond acceptors (Lipinski definition) is 3. The topological polar surface area (TPSA) is 38.5 Å². The summed E-state index contributed by atoms with van der Waals surface area (Å²) in [5, 5.41) is 0. The molecule has 1 fully saturated rings. The van der Waals surface area contributed by atoms with E-state index in [1.165, 1.54) is 0 Å². The number of alkyl halides is 2. The number of rotatable bonds is 3. The maximum absolute atomic E-state index is 13.1. The molecule has 2 rings (SSSR count). The Morgan fingerprint density at radius 2 is 1.89 bits per heavy atom. The van der Waals surface area contributed by atoms with Crippen molar-refractivity contribution in [1.82, 2.24) is 0 Å². The lowest BCUT2D eigenvalue weighted by molar-refractivity contribution is -0.0220. The molecule has 1 aliphatic rings. The van der Waals surface area contributed by atoms with E-state index >= 15 is 0 Å². The Hall–Kier alpha value is -1.52. The number of hydrogen-bond donors (Lipinski definition) is 1. The first-order valence-corrected chi connectivity index (χ1v) is 6.56. The van der Waals surface area contributed by atoms with Gasteiger partial charge in [-0.25, -0.2) is 8.78 Å². The lowest BCUT2D eigenvalue weighted by atomic mass is 10.1. The molecule has 1 heterocycles. The van der Waals surface area contributed by atoms with Crippen molar-refractivity contribution in [3.05, 3.63) is 18.2 Å². The number of halogens is 2. The lowest BCUT2D eigenvalue weighted by Crippen LogP contribution is -2.39. The molecular weight excluding hydrogens is 250 g/mol. The first-order chi connectivity index (χ1) is 8.87. The lowest BCUT2D eigenvalue weighted by Gasteiger charge is -2.33. The summed E-state index contributed by atoms with van der Waals surface area (Å²) < 4.78 is 31.9.